The van der Waals surface area contributed by atoms with Gasteiger partial charge in [-0.25, -0.2) is 4.79 Å². The van der Waals surface area contributed by atoms with Crippen LogP contribution in [0.1, 0.15) is 40.0 Å². The summed E-state index contributed by atoms with van der Waals surface area (Å²) in [6.45, 7) is 6.92. The average Bonchev–Trinajstić information content (AvgIpc) is 2.91. The van der Waals surface area contributed by atoms with Crippen molar-refractivity contribution in [3.63, 3.8) is 0 Å². The van der Waals surface area contributed by atoms with E-state index in [9.17, 15) is 9.59 Å². The van der Waals surface area contributed by atoms with Crippen LogP contribution in [-0.2, 0) is 9.53 Å². The van der Waals surface area contributed by atoms with Crippen LogP contribution in [0.15, 0.2) is 0 Å². The number of amides is 2. The van der Waals surface area contributed by atoms with Gasteiger partial charge in [0.15, 0.2) is 0 Å². The fourth-order valence-electron chi connectivity index (χ4n) is 2.76. The number of carbonyl (C=O) groups is 2. The summed E-state index contributed by atoms with van der Waals surface area (Å²) in [5.74, 6) is -0.168. The monoisotopic (exact) mass is 254 g/mol. The molecule has 5 heteroatoms. The summed E-state index contributed by atoms with van der Waals surface area (Å²) >= 11 is 0. The predicted octanol–water partition coefficient (Wildman–Crippen LogP) is 1.51. The normalized spacial score (nSPS) is 25.9. The molecule has 1 saturated carbocycles. The smallest absolute Gasteiger partial charge is 0.410 e. The summed E-state index contributed by atoms with van der Waals surface area (Å²) in [5.41, 5.74) is 4.97. The summed E-state index contributed by atoms with van der Waals surface area (Å²) in [7, 11) is 0. The van der Waals surface area contributed by atoms with Crippen LogP contribution in [0.2, 0.25) is 0 Å². The van der Waals surface area contributed by atoms with Crippen molar-refractivity contribution in [3.8, 4) is 0 Å². The molecule has 0 bridgehead atoms. The Labute approximate surface area is 108 Å². The van der Waals surface area contributed by atoms with E-state index in [0.29, 0.717) is 13.1 Å². The molecule has 1 heterocycles. The number of nitrogens with two attached hydrogens (primary N) is 1. The molecule has 1 spiro atoms. The van der Waals surface area contributed by atoms with Crippen LogP contribution >= 0.6 is 0 Å². The van der Waals surface area contributed by atoms with Gasteiger partial charge < -0.3 is 15.4 Å². The lowest BCUT2D eigenvalue weighted by Crippen LogP contribution is -2.43. The van der Waals surface area contributed by atoms with Gasteiger partial charge in [0.05, 0.1) is 0 Å². The summed E-state index contributed by atoms with van der Waals surface area (Å²) in [6.07, 6.45) is 2.36. The number of primary amides is 1. The quantitative estimate of drug-likeness (QED) is 0.771. The van der Waals surface area contributed by atoms with Crippen LogP contribution in [-0.4, -0.2) is 35.6 Å². The van der Waals surface area contributed by atoms with Gasteiger partial charge in [0, 0.05) is 19.0 Å². The zero-order valence-corrected chi connectivity index (χ0v) is 11.4. The van der Waals surface area contributed by atoms with Gasteiger partial charge in [0.25, 0.3) is 0 Å². The summed E-state index contributed by atoms with van der Waals surface area (Å²) in [4.78, 5) is 24.8. The topological polar surface area (TPSA) is 72.6 Å². The zero-order valence-electron chi connectivity index (χ0n) is 11.4. The molecule has 5 nitrogen and oxygen atoms in total. The minimum atomic E-state index is -0.457. The number of hydrogen-bond donors (Lipinski definition) is 1. The highest BCUT2D eigenvalue weighted by Gasteiger charge is 2.58. The molecule has 2 amide bonds. The Kier molecular flexibility index (Phi) is 3.03. The van der Waals surface area contributed by atoms with E-state index in [1.54, 1.807) is 4.90 Å². The van der Waals surface area contributed by atoms with Gasteiger partial charge >= 0.3 is 6.09 Å². The van der Waals surface area contributed by atoms with Gasteiger partial charge in [-0.2, -0.15) is 0 Å². The van der Waals surface area contributed by atoms with E-state index in [1.807, 2.05) is 20.8 Å². The first-order valence-corrected chi connectivity index (χ1v) is 6.51. The Morgan fingerprint density at radius 2 is 1.83 bits per heavy atom. The maximum atomic E-state index is 11.9. The molecule has 2 N–H and O–H groups in total. The number of carbonyl (C=O) groups excluding carboxylic acids is 2. The maximum Gasteiger partial charge on any atom is 0.410 e. The van der Waals surface area contributed by atoms with E-state index in [-0.39, 0.29) is 23.3 Å². The van der Waals surface area contributed by atoms with Crippen LogP contribution < -0.4 is 5.73 Å². The Morgan fingerprint density at radius 1 is 1.28 bits per heavy atom. The Hall–Kier alpha value is -1.26. The number of nitrogens with zero attached hydrogens (tertiary/aromatic N) is 1. The summed E-state index contributed by atoms with van der Waals surface area (Å²) in [5, 5.41) is 0. The molecule has 18 heavy (non-hydrogen) atoms. The van der Waals surface area contributed by atoms with Crippen molar-refractivity contribution in [1.82, 2.24) is 4.90 Å². The average molecular weight is 254 g/mol. The third-order valence-electron chi connectivity index (χ3n) is 3.94. The van der Waals surface area contributed by atoms with E-state index in [0.717, 1.165) is 19.3 Å². The second-order valence-corrected chi connectivity index (χ2v) is 6.49. The standard InChI is InChI=1S/C13H22N2O3/c1-12(2,3)18-11(17)15-6-4-13(5-7-15)8-9(13)10(14)16/h9H,4-8H2,1-3H3,(H2,14,16)/t9-/m0/s1. The first kappa shape index (κ1) is 13.2. The first-order valence-electron chi connectivity index (χ1n) is 6.51. The van der Waals surface area contributed by atoms with Crippen LogP contribution in [0.4, 0.5) is 4.79 Å². The second-order valence-electron chi connectivity index (χ2n) is 6.49. The molecule has 0 aromatic heterocycles. The van der Waals surface area contributed by atoms with Gasteiger partial charge in [0.1, 0.15) is 5.60 Å². The Morgan fingerprint density at radius 3 is 2.22 bits per heavy atom. The lowest BCUT2D eigenvalue weighted by molar-refractivity contribution is -0.120. The predicted molar refractivity (Wildman–Crippen MR) is 66.8 cm³/mol. The van der Waals surface area contributed by atoms with Crippen molar-refractivity contribution in [2.24, 2.45) is 17.1 Å². The molecule has 1 atom stereocenters. The van der Waals surface area contributed by atoms with E-state index in [1.165, 1.54) is 0 Å². The molecule has 1 saturated heterocycles. The van der Waals surface area contributed by atoms with Gasteiger partial charge in [-0.05, 0) is 45.4 Å². The molecule has 0 aromatic rings. The molecule has 102 valence electrons. The molecule has 1 aliphatic heterocycles. The largest absolute Gasteiger partial charge is 0.444 e. The van der Waals surface area contributed by atoms with Gasteiger partial charge in [-0.15, -0.1) is 0 Å². The van der Waals surface area contributed by atoms with Crippen molar-refractivity contribution in [2.45, 2.75) is 45.6 Å². The van der Waals surface area contributed by atoms with Crippen molar-refractivity contribution >= 4 is 12.0 Å². The highest BCUT2D eigenvalue weighted by atomic mass is 16.6. The van der Waals surface area contributed by atoms with Crippen LogP contribution in [0.3, 0.4) is 0 Å². The minimum absolute atomic E-state index is 0.0262. The first-order chi connectivity index (χ1) is 8.23. The molecule has 0 radical (unpaired) electrons. The second kappa shape index (κ2) is 4.14. The fraction of sp³-hybridized carbons (Fsp3) is 0.846. The summed E-state index contributed by atoms with van der Waals surface area (Å²) in [6, 6.07) is 0. The van der Waals surface area contributed by atoms with Crippen molar-refractivity contribution in [3.05, 3.63) is 0 Å². The highest BCUT2D eigenvalue weighted by Crippen LogP contribution is 2.59. The highest BCUT2D eigenvalue weighted by molar-refractivity contribution is 5.81. The van der Waals surface area contributed by atoms with Gasteiger partial charge in [-0.1, -0.05) is 0 Å². The van der Waals surface area contributed by atoms with Crippen LogP contribution in [0, 0.1) is 11.3 Å². The molecule has 0 unspecified atom stereocenters. The molecular weight excluding hydrogens is 232 g/mol. The number of piperidine rings is 1. The minimum Gasteiger partial charge on any atom is -0.444 e. The van der Waals surface area contributed by atoms with Crippen LogP contribution in [0.5, 0.6) is 0 Å². The SMILES string of the molecule is CC(C)(C)OC(=O)N1CCC2(CC1)C[C@H]2C(N)=O. The van der Waals surface area contributed by atoms with E-state index in [4.69, 9.17) is 10.5 Å². The number of hydrogen-bond acceptors (Lipinski definition) is 3. The Bertz CT molecular complexity index is 365. The zero-order chi connectivity index (χ0) is 13.6. The molecular formula is C13H22N2O3. The maximum absolute atomic E-state index is 11.9. The molecule has 1 aliphatic carbocycles. The Balaban J connectivity index is 1.85. The van der Waals surface area contributed by atoms with E-state index in [2.05, 4.69) is 0 Å². The molecule has 2 aliphatic rings. The third-order valence-corrected chi connectivity index (χ3v) is 3.94. The molecule has 2 fully saturated rings. The number of rotatable bonds is 1. The fourth-order valence-corrected chi connectivity index (χ4v) is 2.76. The third kappa shape index (κ3) is 2.60. The number of likely N-dealkylation sites (tertiary alicyclic amines) is 1. The molecule has 2 rings (SSSR count). The van der Waals surface area contributed by atoms with Gasteiger partial charge in [-0.3, -0.25) is 4.79 Å². The van der Waals surface area contributed by atoms with Crippen molar-refractivity contribution in [2.75, 3.05) is 13.1 Å². The summed E-state index contributed by atoms with van der Waals surface area (Å²) < 4.78 is 5.34. The van der Waals surface area contributed by atoms with Crippen molar-refractivity contribution in [1.29, 1.82) is 0 Å². The van der Waals surface area contributed by atoms with E-state index < -0.39 is 5.60 Å². The lowest BCUT2D eigenvalue weighted by Gasteiger charge is -2.34. The molecule has 0 aromatic carbocycles. The van der Waals surface area contributed by atoms with Crippen molar-refractivity contribution < 1.29 is 14.3 Å². The van der Waals surface area contributed by atoms with Gasteiger partial charge in [0.2, 0.25) is 5.91 Å². The van der Waals surface area contributed by atoms with Crippen LogP contribution in [0.25, 0.3) is 0 Å². The lowest BCUT2D eigenvalue weighted by atomic mass is 9.91. The number of ether oxygens (including phenoxy) is 1. The van der Waals surface area contributed by atoms with E-state index >= 15 is 0 Å².